The van der Waals surface area contributed by atoms with Crippen LogP contribution in [-0.4, -0.2) is 6.29 Å². The molecular weight excluding hydrogens is 294 g/mol. The van der Waals surface area contributed by atoms with Crippen LogP contribution in [0.5, 0.6) is 0 Å². The Morgan fingerprint density at radius 3 is 2.30 bits per heavy atom. The van der Waals surface area contributed by atoms with Crippen molar-refractivity contribution in [1.29, 1.82) is 0 Å². The van der Waals surface area contributed by atoms with Gasteiger partial charge >= 0.3 is 0 Å². The molecular formula is C20H18F2O. The van der Waals surface area contributed by atoms with E-state index in [1.54, 1.807) is 12.1 Å². The lowest BCUT2D eigenvalue weighted by molar-refractivity contribution is 0.112. The molecule has 0 saturated heterocycles. The first-order chi connectivity index (χ1) is 11.0. The molecule has 3 heteroatoms. The molecule has 3 rings (SSSR count). The summed E-state index contributed by atoms with van der Waals surface area (Å²) in [6.45, 7) is 3.87. The minimum absolute atomic E-state index is 0.506. The van der Waals surface area contributed by atoms with Gasteiger partial charge in [0.2, 0.25) is 0 Å². The fourth-order valence-electron chi connectivity index (χ4n) is 3.65. The maximum absolute atomic E-state index is 12.5. The number of carbonyl (C=O) groups is 1. The van der Waals surface area contributed by atoms with Crippen LogP contribution in [0.2, 0.25) is 0 Å². The Morgan fingerprint density at radius 1 is 1.00 bits per heavy atom. The summed E-state index contributed by atoms with van der Waals surface area (Å²) in [5.74, 6) is 0. The Morgan fingerprint density at radius 2 is 1.70 bits per heavy atom. The van der Waals surface area contributed by atoms with Crippen molar-refractivity contribution in [2.75, 3.05) is 0 Å². The van der Waals surface area contributed by atoms with Crippen LogP contribution in [0.1, 0.15) is 44.6 Å². The fourth-order valence-corrected chi connectivity index (χ4v) is 3.65. The Kier molecular flexibility index (Phi) is 4.12. The molecule has 2 aromatic rings. The highest BCUT2D eigenvalue weighted by atomic mass is 19.3. The molecule has 0 radical (unpaired) electrons. The van der Waals surface area contributed by atoms with Gasteiger partial charge in [-0.05, 0) is 84.2 Å². The quantitative estimate of drug-likeness (QED) is 0.683. The molecule has 0 unspecified atom stereocenters. The monoisotopic (exact) mass is 312 g/mol. The van der Waals surface area contributed by atoms with Gasteiger partial charge in [0.15, 0.2) is 0 Å². The van der Waals surface area contributed by atoms with Crippen molar-refractivity contribution in [3.63, 3.8) is 0 Å². The SMILES string of the molecule is Cc1cc(C=C(F)F)cc(C)c1-c1cc(C=O)cc2c1CCC2. The van der Waals surface area contributed by atoms with E-state index in [4.69, 9.17) is 0 Å². The van der Waals surface area contributed by atoms with E-state index in [0.29, 0.717) is 11.1 Å². The molecule has 0 aliphatic heterocycles. The van der Waals surface area contributed by atoms with E-state index < -0.39 is 6.08 Å². The van der Waals surface area contributed by atoms with E-state index in [9.17, 15) is 13.6 Å². The minimum atomic E-state index is -1.69. The molecule has 118 valence electrons. The Balaban J connectivity index is 2.22. The average Bonchev–Trinajstić information content (AvgIpc) is 2.93. The van der Waals surface area contributed by atoms with Gasteiger partial charge in [-0.15, -0.1) is 0 Å². The maximum atomic E-state index is 12.5. The van der Waals surface area contributed by atoms with Gasteiger partial charge in [0.25, 0.3) is 6.08 Å². The van der Waals surface area contributed by atoms with Gasteiger partial charge in [-0.25, -0.2) is 0 Å². The first-order valence-electron chi connectivity index (χ1n) is 7.75. The Hall–Kier alpha value is -2.29. The molecule has 0 amide bonds. The van der Waals surface area contributed by atoms with E-state index in [-0.39, 0.29) is 0 Å². The highest BCUT2D eigenvalue weighted by molar-refractivity contribution is 5.84. The summed E-state index contributed by atoms with van der Waals surface area (Å²) in [6.07, 6.45) is 3.16. The van der Waals surface area contributed by atoms with Crippen molar-refractivity contribution < 1.29 is 13.6 Å². The van der Waals surface area contributed by atoms with Crippen molar-refractivity contribution in [2.45, 2.75) is 33.1 Å². The van der Waals surface area contributed by atoms with Crippen LogP contribution < -0.4 is 0 Å². The molecule has 1 nitrogen and oxygen atoms in total. The third-order valence-electron chi connectivity index (χ3n) is 4.47. The molecule has 0 heterocycles. The summed E-state index contributed by atoms with van der Waals surface area (Å²) in [7, 11) is 0. The van der Waals surface area contributed by atoms with E-state index in [1.807, 2.05) is 26.0 Å². The normalized spacial score (nSPS) is 12.9. The van der Waals surface area contributed by atoms with Gasteiger partial charge in [-0.2, -0.15) is 8.78 Å². The molecule has 1 aliphatic carbocycles. The van der Waals surface area contributed by atoms with Crippen molar-refractivity contribution in [3.8, 4) is 11.1 Å². The predicted octanol–water partition coefficient (Wildman–Crippen LogP) is 5.51. The number of benzene rings is 2. The van der Waals surface area contributed by atoms with Crippen molar-refractivity contribution in [2.24, 2.45) is 0 Å². The number of aryl methyl sites for hydroxylation is 3. The summed E-state index contributed by atoms with van der Waals surface area (Å²) in [5, 5.41) is 0. The maximum Gasteiger partial charge on any atom is 0.270 e. The third-order valence-corrected chi connectivity index (χ3v) is 4.47. The molecule has 0 bridgehead atoms. The minimum Gasteiger partial charge on any atom is -0.298 e. The van der Waals surface area contributed by atoms with Crippen LogP contribution >= 0.6 is 0 Å². The first-order valence-corrected chi connectivity index (χ1v) is 7.75. The molecule has 2 aromatic carbocycles. The standard InChI is InChI=1S/C20H18F2O/c1-12-6-14(10-19(21)22)7-13(2)20(12)18-9-15(11-23)8-16-4-3-5-17(16)18/h6-11H,3-5H2,1-2H3. The summed E-state index contributed by atoms with van der Waals surface area (Å²) >= 11 is 0. The Bertz CT molecular complexity index is 792. The largest absolute Gasteiger partial charge is 0.298 e. The van der Waals surface area contributed by atoms with Gasteiger partial charge in [-0.1, -0.05) is 12.1 Å². The Labute approximate surface area is 134 Å². The van der Waals surface area contributed by atoms with Crippen LogP contribution in [0, 0.1) is 13.8 Å². The van der Waals surface area contributed by atoms with Crippen LogP contribution in [0.15, 0.2) is 30.3 Å². The second-order valence-corrected chi connectivity index (χ2v) is 6.14. The molecule has 1 aliphatic rings. The van der Waals surface area contributed by atoms with Crippen LogP contribution in [-0.2, 0) is 12.8 Å². The smallest absolute Gasteiger partial charge is 0.270 e. The molecule has 23 heavy (non-hydrogen) atoms. The van der Waals surface area contributed by atoms with Crippen LogP contribution in [0.3, 0.4) is 0 Å². The number of hydrogen-bond acceptors (Lipinski definition) is 1. The molecule has 0 spiro atoms. The highest BCUT2D eigenvalue weighted by Gasteiger charge is 2.19. The summed E-state index contributed by atoms with van der Waals surface area (Å²) < 4.78 is 25.0. The van der Waals surface area contributed by atoms with Gasteiger partial charge in [0.05, 0.1) is 0 Å². The lowest BCUT2D eigenvalue weighted by Crippen LogP contribution is -1.97. The summed E-state index contributed by atoms with van der Waals surface area (Å²) in [6, 6.07) is 7.45. The topological polar surface area (TPSA) is 17.1 Å². The molecule has 0 aromatic heterocycles. The number of aldehydes is 1. The third kappa shape index (κ3) is 2.96. The second kappa shape index (κ2) is 6.07. The van der Waals surface area contributed by atoms with Crippen LogP contribution in [0.4, 0.5) is 8.78 Å². The summed E-state index contributed by atoms with van der Waals surface area (Å²) in [5.41, 5.74) is 7.76. The zero-order chi connectivity index (χ0) is 16.6. The zero-order valence-electron chi connectivity index (χ0n) is 13.2. The van der Waals surface area contributed by atoms with Gasteiger partial charge in [-0.3, -0.25) is 4.79 Å². The lowest BCUT2D eigenvalue weighted by Gasteiger charge is -2.16. The average molecular weight is 312 g/mol. The predicted molar refractivity (Wildman–Crippen MR) is 89.0 cm³/mol. The lowest BCUT2D eigenvalue weighted by atomic mass is 9.88. The second-order valence-electron chi connectivity index (χ2n) is 6.14. The van der Waals surface area contributed by atoms with Gasteiger partial charge < -0.3 is 0 Å². The first kappa shape index (κ1) is 15.6. The number of halogens is 2. The van der Waals surface area contributed by atoms with E-state index in [0.717, 1.165) is 53.9 Å². The molecule has 0 fully saturated rings. The fraction of sp³-hybridized carbons (Fsp3) is 0.250. The van der Waals surface area contributed by atoms with Gasteiger partial charge in [0, 0.05) is 11.6 Å². The van der Waals surface area contributed by atoms with E-state index in [2.05, 4.69) is 0 Å². The van der Waals surface area contributed by atoms with Crippen molar-refractivity contribution >= 4 is 12.4 Å². The number of carbonyl (C=O) groups excluding carboxylic acids is 1. The molecule has 0 N–H and O–H groups in total. The van der Waals surface area contributed by atoms with Crippen molar-refractivity contribution in [3.05, 3.63) is 63.7 Å². The molecule has 0 saturated carbocycles. The summed E-state index contributed by atoms with van der Waals surface area (Å²) in [4.78, 5) is 11.2. The number of fused-ring (bicyclic) bond motifs is 1. The van der Waals surface area contributed by atoms with E-state index in [1.165, 1.54) is 11.1 Å². The zero-order valence-corrected chi connectivity index (χ0v) is 13.2. The van der Waals surface area contributed by atoms with Crippen molar-refractivity contribution in [1.82, 2.24) is 0 Å². The van der Waals surface area contributed by atoms with Crippen LogP contribution in [0.25, 0.3) is 17.2 Å². The number of rotatable bonds is 3. The molecule has 0 atom stereocenters. The highest BCUT2D eigenvalue weighted by Crippen LogP contribution is 2.37. The number of hydrogen-bond donors (Lipinski definition) is 0. The van der Waals surface area contributed by atoms with Gasteiger partial charge in [0.1, 0.15) is 6.29 Å². The van der Waals surface area contributed by atoms with E-state index >= 15 is 0 Å².